The van der Waals surface area contributed by atoms with E-state index >= 15 is 0 Å². The molecule has 0 radical (unpaired) electrons. The van der Waals surface area contributed by atoms with Gasteiger partial charge in [-0.3, -0.25) is 14.3 Å². The monoisotopic (exact) mass is 254 g/mol. The van der Waals surface area contributed by atoms with Crippen LogP contribution in [0.1, 0.15) is 18.4 Å². The first kappa shape index (κ1) is 12.0. The maximum atomic E-state index is 11.3. The van der Waals surface area contributed by atoms with Gasteiger partial charge in [-0.25, -0.2) is 0 Å². The van der Waals surface area contributed by atoms with Crippen molar-refractivity contribution in [3.63, 3.8) is 0 Å². The first-order valence-electron chi connectivity index (χ1n) is 5.40. The van der Waals surface area contributed by atoms with E-state index in [4.69, 9.17) is 0 Å². The van der Waals surface area contributed by atoms with E-state index in [0.29, 0.717) is 11.8 Å². The Labute approximate surface area is 102 Å². The molecule has 1 fully saturated rings. The average Bonchev–Trinajstić information content (AvgIpc) is 3.03. The zero-order valence-corrected chi connectivity index (χ0v) is 10.3. The van der Waals surface area contributed by atoms with Crippen molar-refractivity contribution in [2.75, 3.05) is 11.6 Å². The SMILES string of the molecule is C[S@@](=O)Cc1cc([N+](=O)[O-])ccc1NC1CC1. The zero-order chi connectivity index (χ0) is 12.4. The second-order valence-corrected chi connectivity index (χ2v) is 5.67. The number of benzene rings is 1. The number of nitro groups is 1. The Morgan fingerprint density at radius 2 is 2.24 bits per heavy atom. The van der Waals surface area contributed by atoms with Gasteiger partial charge in [0.2, 0.25) is 0 Å². The lowest BCUT2D eigenvalue weighted by molar-refractivity contribution is -0.384. The van der Waals surface area contributed by atoms with Crippen LogP contribution in [0, 0.1) is 10.1 Å². The van der Waals surface area contributed by atoms with Crippen LogP contribution in [0.2, 0.25) is 0 Å². The minimum absolute atomic E-state index is 0.0480. The van der Waals surface area contributed by atoms with Crippen LogP contribution >= 0.6 is 0 Å². The predicted molar refractivity (Wildman–Crippen MR) is 67.5 cm³/mol. The van der Waals surface area contributed by atoms with Crippen molar-refractivity contribution < 1.29 is 9.13 Å². The summed E-state index contributed by atoms with van der Waals surface area (Å²) in [6.45, 7) is 0. The molecule has 6 heteroatoms. The van der Waals surface area contributed by atoms with E-state index in [9.17, 15) is 14.3 Å². The molecule has 5 nitrogen and oxygen atoms in total. The van der Waals surface area contributed by atoms with Gasteiger partial charge in [0.15, 0.2) is 0 Å². The highest BCUT2D eigenvalue weighted by atomic mass is 32.2. The Hall–Kier alpha value is -1.43. The van der Waals surface area contributed by atoms with Crippen LogP contribution < -0.4 is 5.32 Å². The molecule has 1 N–H and O–H groups in total. The lowest BCUT2D eigenvalue weighted by Crippen LogP contribution is -2.06. The molecular weight excluding hydrogens is 240 g/mol. The summed E-state index contributed by atoms with van der Waals surface area (Å²) >= 11 is 0. The molecule has 0 heterocycles. The van der Waals surface area contributed by atoms with Crippen molar-refractivity contribution in [2.24, 2.45) is 0 Å². The van der Waals surface area contributed by atoms with E-state index in [2.05, 4.69) is 5.32 Å². The number of nitro benzene ring substituents is 1. The van der Waals surface area contributed by atoms with Gasteiger partial charge >= 0.3 is 0 Å². The minimum Gasteiger partial charge on any atom is -0.382 e. The number of anilines is 1. The third-order valence-corrected chi connectivity index (χ3v) is 3.31. The van der Waals surface area contributed by atoms with Crippen molar-refractivity contribution >= 4 is 22.2 Å². The molecule has 17 heavy (non-hydrogen) atoms. The molecule has 0 aromatic heterocycles. The molecule has 1 aromatic rings. The lowest BCUT2D eigenvalue weighted by Gasteiger charge is -2.10. The van der Waals surface area contributed by atoms with Crippen LogP contribution in [-0.4, -0.2) is 21.4 Å². The molecule has 92 valence electrons. The van der Waals surface area contributed by atoms with Crippen LogP contribution in [0.4, 0.5) is 11.4 Å². The Morgan fingerprint density at radius 3 is 2.76 bits per heavy atom. The van der Waals surface area contributed by atoms with Crippen molar-refractivity contribution in [3.8, 4) is 0 Å². The highest BCUT2D eigenvalue weighted by Crippen LogP contribution is 2.29. The first-order chi connectivity index (χ1) is 8.06. The summed E-state index contributed by atoms with van der Waals surface area (Å²) in [6.07, 6.45) is 3.86. The highest BCUT2D eigenvalue weighted by Gasteiger charge is 2.22. The van der Waals surface area contributed by atoms with Crippen molar-refractivity contribution in [1.82, 2.24) is 0 Å². The second-order valence-electron chi connectivity index (χ2n) is 4.23. The van der Waals surface area contributed by atoms with Gasteiger partial charge in [0.1, 0.15) is 0 Å². The normalized spacial score (nSPS) is 16.5. The summed E-state index contributed by atoms with van der Waals surface area (Å²) < 4.78 is 11.3. The lowest BCUT2D eigenvalue weighted by atomic mass is 10.1. The molecule has 1 aliphatic carbocycles. The van der Waals surface area contributed by atoms with Gasteiger partial charge < -0.3 is 5.32 Å². The third-order valence-electron chi connectivity index (χ3n) is 2.60. The Morgan fingerprint density at radius 1 is 1.53 bits per heavy atom. The summed E-state index contributed by atoms with van der Waals surface area (Å²) in [5, 5.41) is 14.0. The molecule has 1 saturated carbocycles. The van der Waals surface area contributed by atoms with Gasteiger partial charge in [0, 0.05) is 40.9 Å². The maximum Gasteiger partial charge on any atom is 0.269 e. The van der Waals surface area contributed by atoms with E-state index in [1.165, 1.54) is 12.1 Å². The first-order valence-corrected chi connectivity index (χ1v) is 7.13. The summed E-state index contributed by atoms with van der Waals surface area (Å²) in [5.74, 6) is 0.344. The fraction of sp³-hybridized carbons (Fsp3) is 0.455. The van der Waals surface area contributed by atoms with Gasteiger partial charge in [-0.1, -0.05) is 0 Å². The van der Waals surface area contributed by atoms with Crippen LogP contribution in [0.3, 0.4) is 0 Å². The van der Waals surface area contributed by atoms with Crippen molar-refractivity contribution in [3.05, 3.63) is 33.9 Å². The second kappa shape index (κ2) is 4.83. The molecule has 0 aliphatic heterocycles. The molecule has 0 amide bonds. The Kier molecular flexibility index (Phi) is 3.42. The van der Waals surface area contributed by atoms with Gasteiger partial charge in [0.25, 0.3) is 5.69 Å². The fourth-order valence-corrected chi connectivity index (χ4v) is 2.30. The van der Waals surface area contributed by atoms with E-state index in [-0.39, 0.29) is 5.69 Å². The molecule has 1 atom stereocenters. The van der Waals surface area contributed by atoms with Crippen LogP contribution in [0.25, 0.3) is 0 Å². The molecule has 1 aromatic carbocycles. The fourth-order valence-electron chi connectivity index (χ4n) is 1.62. The van der Waals surface area contributed by atoms with Crippen LogP contribution in [-0.2, 0) is 16.6 Å². The maximum absolute atomic E-state index is 11.3. The van der Waals surface area contributed by atoms with Crippen molar-refractivity contribution in [2.45, 2.75) is 24.6 Å². The number of nitrogens with one attached hydrogen (secondary N) is 1. The standard InChI is InChI=1S/C11H14N2O3S/c1-17(16)7-8-6-10(13(14)15)4-5-11(8)12-9-2-3-9/h4-6,9,12H,2-3,7H2,1H3/t17-/m1/s1. The molecule has 1 aliphatic rings. The number of hydrogen-bond donors (Lipinski definition) is 1. The summed E-state index contributed by atoms with van der Waals surface area (Å²) in [6, 6.07) is 5.16. The number of non-ortho nitro benzene ring substituents is 1. The molecular formula is C11H14N2O3S. The van der Waals surface area contributed by atoms with E-state index in [0.717, 1.165) is 24.1 Å². The average molecular weight is 254 g/mol. The molecule has 0 saturated heterocycles. The molecule has 0 bridgehead atoms. The van der Waals surface area contributed by atoms with Crippen LogP contribution in [0.15, 0.2) is 18.2 Å². The van der Waals surface area contributed by atoms with E-state index in [1.54, 1.807) is 12.3 Å². The minimum atomic E-state index is -1.01. The number of nitrogens with zero attached hydrogens (tertiary/aromatic N) is 1. The predicted octanol–water partition coefficient (Wildman–Crippen LogP) is 2.05. The zero-order valence-electron chi connectivity index (χ0n) is 9.51. The summed E-state index contributed by atoms with van der Waals surface area (Å²) in [7, 11) is -1.01. The van der Waals surface area contributed by atoms with Gasteiger partial charge in [0.05, 0.1) is 10.7 Å². The van der Waals surface area contributed by atoms with E-state index < -0.39 is 15.7 Å². The molecule has 0 spiro atoms. The van der Waals surface area contributed by atoms with Crippen molar-refractivity contribution in [1.29, 1.82) is 0 Å². The number of hydrogen-bond acceptors (Lipinski definition) is 4. The smallest absolute Gasteiger partial charge is 0.269 e. The van der Waals surface area contributed by atoms with Crippen LogP contribution in [0.5, 0.6) is 0 Å². The Balaban J connectivity index is 2.28. The van der Waals surface area contributed by atoms with Gasteiger partial charge in [-0.05, 0) is 24.5 Å². The van der Waals surface area contributed by atoms with Gasteiger partial charge in [-0.2, -0.15) is 0 Å². The number of rotatable bonds is 5. The quantitative estimate of drug-likeness (QED) is 0.644. The summed E-state index contributed by atoms with van der Waals surface area (Å²) in [4.78, 5) is 10.3. The largest absolute Gasteiger partial charge is 0.382 e. The Bertz CT molecular complexity index is 472. The topological polar surface area (TPSA) is 72.2 Å². The molecule has 2 rings (SSSR count). The summed E-state index contributed by atoms with van der Waals surface area (Å²) in [5.41, 5.74) is 1.67. The van der Waals surface area contributed by atoms with E-state index in [1.807, 2.05) is 0 Å². The molecule has 0 unspecified atom stereocenters. The highest BCUT2D eigenvalue weighted by molar-refractivity contribution is 7.83. The third kappa shape index (κ3) is 3.26. The van der Waals surface area contributed by atoms with Gasteiger partial charge in [-0.15, -0.1) is 0 Å².